The Morgan fingerprint density at radius 3 is 2.35 bits per heavy atom. The van der Waals surface area contributed by atoms with Gasteiger partial charge in [0, 0.05) is 18.8 Å². The molecule has 0 aromatic carbocycles. The molecule has 1 aliphatic carbocycles. The van der Waals surface area contributed by atoms with Crippen LogP contribution in [0.4, 0.5) is 0 Å². The van der Waals surface area contributed by atoms with Gasteiger partial charge < -0.3 is 9.13 Å². The summed E-state index contributed by atoms with van der Waals surface area (Å²) in [6.07, 6.45) is 4.32. The fourth-order valence-corrected chi connectivity index (χ4v) is 4.80. The van der Waals surface area contributed by atoms with Crippen molar-refractivity contribution < 1.29 is 8.42 Å². The molecule has 0 spiro atoms. The zero-order valence-electron chi connectivity index (χ0n) is 14.1. The van der Waals surface area contributed by atoms with Gasteiger partial charge in [0.25, 0.3) is 0 Å². The first-order valence-electron chi connectivity index (χ1n) is 7.94. The molecule has 0 unspecified atom stereocenters. The molecule has 23 heavy (non-hydrogen) atoms. The van der Waals surface area contributed by atoms with Gasteiger partial charge in [-0.3, -0.25) is 0 Å². The van der Waals surface area contributed by atoms with Crippen LogP contribution in [-0.2, 0) is 22.6 Å². The van der Waals surface area contributed by atoms with E-state index in [0.717, 1.165) is 37.1 Å². The second-order valence-electron chi connectivity index (χ2n) is 6.36. The van der Waals surface area contributed by atoms with Gasteiger partial charge in [-0.2, -0.15) is 0 Å². The van der Waals surface area contributed by atoms with Crippen molar-refractivity contribution in [3.05, 3.63) is 23.0 Å². The molecule has 0 atom stereocenters. The van der Waals surface area contributed by atoms with Crippen molar-refractivity contribution in [3.63, 3.8) is 0 Å². The number of hydrogen-bond acceptors (Lipinski definition) is 5. The van der Waals surface area contributed by atoms with Gasteiger partial charge >= 0.3 is 0 Å². The van der Waals surface area contributed by atoms with Crippen LogP contribution in [0.1, 0.15) is 54.8 Å². The molecule has 0 bridgehead atoms. The quantitative estimate of drug-likeness (QED) is 0.852. The maximum atomic E-state index is 12.9. The van der Waals surface area contributed by atoms with Gasteiger partial charge in [-0.15, -0.1) is 10.2 Å². The summed E-state index contributed by atoms with van der Waals surface area (Å²) in [5, 5.41) is 8.10. The predicted octanol–water partition coefficient (Wildman–Crippen LogP) is 2.03. The summed E-state index contributed by atoms with van der Waals surface area (Å²) in [4.78, 5) is 4.38. The van der Waals surface area contributed by atoms with Crippen LogP contribution in [0.2, 0.25) is 0 Å². The molecule has 0 amide bonds. The van der Waals surface area contributed by atoms with E-state index in [1.54, 1.807) is 18.5 Å². The lowest BCUT2D eigenvalue weighted by Gasteiger charge is -2.17. The SMILES string of the molecule is Cc1nc(S(=O)(=O)Cc2nnc(C)n2C)n(C2CCCC2)c1C. The summed E-state index contributed by atoms with van der Waals surface area (Å²) in [5.41, 5.74) is 1.73. The average molecular weight is 337 g/mol. The van der Waals surface area contributed by atoms with Gasteiger partial charge in [0.1, 0.15) is 17.4 Å². The van der Waals surface area contributed by atoms with Crippen LogP contribution < -0.4 is 0 Å². The lowest BCUT2D eigenvalue weighted by atomic mass is 10.2. The van der Waals surface area contributed by atoms with E-state index in [-0.39, 0.29) is 17.0 Å². The standard InChI is InChI=1S/C15H23N5O2S/c1-10-11(2)20(13-7-5-6-8-13)15(16-10)23(21,22)9-14-18-17-12(3)19(14)4/h13H,5-9H2,1-4H3. The maximum absolute atomic E-state index is 12.9. The average Bonchev–Trinajstić information content (AvgIpc) is 3.18. The molecule has 1 aliphatic rings. The zero-order chi connectivity index (χ0) is 16.8. The molecule has 0 saturated heterocycles. The first-order chi connectivity index (χ1) is 10.8. The number of nitrogens with zero attached hydrogens (tertiary/aromatic N) is 5. The van der Waals surface area contributed by atoms with Gasteiger partial charge in [-0.05, 0) is 33.6 Å². The molecule has 1 fully saturated rings. The van der Waals surface area contributed by atoms with Crippen LogP contribution in [-0.4, -0.2) is 32.7 Å². The smallest absolute Gasteiger partial charge is 0.228 e. The number of hydrogen-bond donors (Lipinski definition) is 0. The van der Waals surface area contributed by atoms with E-state index in [1.165, 1.54) is 0 Å². The van der Waals surface area contributed by atoms with Crippen LogP contribution >= 0.6 is 0 Å². The topological polar surface area (TPSA) is 82.7 Å². The zero-order valence-corrected chi connectivity index (χ0v) is 14.9. The minimum Gasteiger partial charge on any atom is -0.317 e. The minimum absolute atomic E-state index is 0.174. The first-order valence-corrected chi connectivity index (χ1v) is 9.59. The third-order valence-electron chi connectivity index (χ3n) is 4.82. The van der Waals surface area contributed by atoms with E-state index >= 15 is 0 Å². The molecule has 7 nitrogen and oxygen atoms in total. The highest BCUT2D eigenvalue weighted by Gasteiger charge is 2.31. The lowest BCUT2D eigenvalue weighted by molar-refractivity contribution is 0.458. The van der Waals surface area contributed by atoms with Crippen LogP contribution in [0, 0.1) is 20.8 Å². The molecule has 2 aromatic rings. The molecule has 0 aliphatic heterocycles. The highest BCUT2D eigenvalue weighted by atomic mass is 32.2. The molecule has 3 rings (SSSR count). The largest absolute Gasteiger partial charge is 0.317 e. The van der Waals surface area contributed by atoms with Gasteiger partial charge in [0.05, 0.1) is 5.69 Å². The summed E-state index contributed by atoms with van der Waals surface area (Å²) in [6, 6.07) is 0.238. The summed E-state index contributed by atoms with van der Waals surface area (Å²) in [6.45, 7) is 5.62. The van der Waals surface area contributed by atoms with Gasteiger partial charge in [-0.25, -0.2) is 13.4 Å². The summed E-state index contributed by atoms with van der Waals surface area (Å²) in [7, 11) is -1.79. The normalized spacial score (nSPS) is 16.3. The third kappa shape index (κ3) is 2.80. The predicted molar refractivity (Wildman–Crippen MR) is 85.8 cm³/mol. The monoisotopic (exact) mass is 337 g/mol. The summed E-state index contributed by atoms with van der Waals surface area (Å²) >= 11 is 0. The van der Waals surface area contributed by atoms with Crippen LogP contribution in [0.25, 0.3) is 0 Å². The molecule has 0 N–H and O–H groups in total. The Morgan fingerprint density at radius 1 is 1.13 bits per heavy atom. The van der Waals surface area contributed by atoms with E-state index in [9.17, 15) is 8.42 Å². The Labute approximate surface area is 136 Å². The molecule has 126 valence electrons. The molecule has 1 saturated carbocycles. The van der Waals surface area contributed by atoms with Crippen molar-refractivity contribution in [1.82, 2.24) is 24.3 Å². The van der Waals surface area contributed by atoms with Crippen molar-refractivity contribution in [2.45, 2.75) is 63.4 Å². The van der Waals surface area contributed by atoms with Crippen molar-refractivity contribution >= 4 is 9.84 Å². The summed E-state index contributed by atoms with van der Waals surface area (Å²) in [5.74, 6) is 0.966. The number of imidazole rings is 1. The maximum Gasteiger partial charge on any atom is 0.228 e. The Hall–Kier alpha value is -1.70. The number of aryl methyl sites for hydroxylation is 2. The Balaban J connectivity index is 2.03. The van der Waals surface area contributed by atoms with Crippen LogP contribution in [0.15, 0.2) is 5.16 Å². The molecule has 2 heterocycles. The lowest BCUT2D eigenvalue weighted by Crippen LogP contribution is -2.18. The molecule has 2 aromatic heterocycles. The molecule has 8 heteroatoms. The minimum atomic E-state index is -3.56. The van der Waals surface area contributed by atoms with Crippen molar-refractivity contribution in [2.75, 3.05) is 0 Å². The Morgan fingerprint density at radius 2 is 1.78 bits per heavy atom. The number of rotatable bonds is 4. The van der Waals surface area contributed by atoms with E-state index in [1.807, 2.05) is 18.4 Å². The Bertz CT molecular complexity index is 828. The summed E-state index contributed by atoms with van der Waals surface area (Å²) < 4.78 is 29.5. The Kier molecular flexibility index (Phi) is 4.03. The fraction of sp³-hybridized carbons (Fsp3) is 0.667. The number of sulfone groups is 1. The highest BCUT2D eigenvalue weighted by molar-refractivity contribution is 7.90. The van der Waals surface area contributed by atoms with Gasteiger partial charge in [-0.1, -0.05) is 12.8 Å². The second kappa shape index (κ2) is 5.74. The van der Waals surface area contributed by atoms with Gasteiger partial charge in [0.2, 0.25) is 15.0 Å². The first kappa shape index (κ1) is 16.2. The van der Waals surface area contributed by atoms with Crippen molar-refractivity contribution in [3.8, 4) is 0 Å². The van der Waals surface area contributed by atoms with Crippen molar-refractivity contribution in [2.24, 2.45) is 7.05 Å². The number of aromatic nitrogens is 5. The van der Waals surface area contributed by atoms with E-state index in [2.05, 4.69) is 15.2 Å². The third-order valence-corrected chi connectivity index (χ3v) is 6.31. The van der Waals surface area contributed by atoms with Crippen LogP contribution in [0.3, 0.4) is 0 Å². The van der Waals surface area contributed by atoms with E-state index < -0.39 is 9.84 Å². The molecule has 0 radical (unpaired) electrons. The highest BCUT2D eigenvalue weighted by Crippen LogP contribution is 2.34. The van der Waals surface area contributed by atoms with E-state index in [4.69, 9.17) is 0 Å². The second-order valence-corrected chi connectivity index (χ2v) is 8.24. The molecular formula is C15H23N5O2S. The van der Waals surface area contributed by atoms with Crippen molar-refractivity contribution in [1.29, 1.82) is 0 Å². The fourth-order valence-electron chi connectivity index (χ4n) is 3.22. The molecular weight excluding hydrogens is 314 g/mol. The van der Waals surface area contributed by atoms with Gasteiger partial charge in [0.15, 0.2) is 0 Å². The van der Waals surface area contributed by atoms with E-state index in [0.29, 0.717) is 11.6 Å². The van der Waals surface area contributed by atoms with Crippen LogP contribution in [0.5, 0.6) is 0 Å².